The Bertz CT molecular complexity index is 328. The summed E-state index contributed by atoms with van der Waals surface area (Å²) in [4.78, 5) is 1.31. The number of hydrogen-bond donors (Lipinski definition) is 0. The fourth-order valence-corrected chi connectivity index (χ4v) is 2.62. The third-order valence-corrected chi connectivity index (χ3v) is 4.11. The van der Waals surface area contributed by atoms with E-state index in [2.05, 4.69) is 26.2 Å². The monoisotopic (exact) mass is 212 g/mol. The van der Waals surface area contributed by atoms with Crippen LogP contribution in [0.15, 0.2) is 5.38 Å². The van der Waals surface area contributed by atoms with Gasteiger partial charge in [-0.1, -0.05) is 20.8 Å². The lowest BCUT2D eigenvalue weighted by Crippen LogP contribution is -2.19. The van der Waals surface area contributed by atoms with Gasteiger partial charge in [0.15, 0.2) is 11.5 Å². The van der Waals surface area contributed by atoms with Crippen LogP contribution in [0.2, 0.25) is 0 Å². The van der Waals surface area contributed by atoms with Gasteiger partial charge >= 0.3 is 0 Å². The molecular weight excluding hydrogens is 196 g/mol. The summed E-state index contributed by atoms with van der Waals surface area (Å²) in [5, 5.41) is 2.06. The topological polar surface area (TPSA) is 18.5 Å². The molecule has 0 aromatic carbocycles. The van der Waals surface area contributed by atoms with Gasteiger partial charge in [0.05, 0.1) is 4.88 Å². The predicted octanol–water partition coefficient (Wildman–Crippen LogP) is 3.21. The highest BCUT2D eigenvalue weighted by molar-refractivity contribution is 7.10. The van der Waals surface area contributed by atoms with Gasteiger partial charge in [-0.2, -0.15) is 0 Å². The highest BCUT2D eigenvalue weighted by Gasteiger charge is 2.28. The lowest BCUT2D eigenvalue weighted by atomic mass is 9.88. The Balaban J connectivity index is 2.39. The van der Waals surface area contributed by atoms with E-state index in [0.29, 0.717) is 13.2 Å². The molecule has 2 rings (SSSR count). The van der Waals surface area contributed by atoms with Crippen LogP contribution < -0.4 is 9.47 Å². The molecule has 0 atom stereocenters. The predicted molar refractivity (Wildman–Crippen MR) is 58.6 cm³/mol. The minimum atomic E-state index is 0.193. The van der Waals surface area contributed by atoms with E-state index >= 15 is 0 Å². The first-order chi connectivity index (χ1) is 6.65. The molecule has 0 fully saturated rings. The van der Waals surface area contributed by atoms with Crippen molar-refractivity contribution < 1.29 is 9.47 Å². The van der Waals surface area contributed by atoms with Crippen LogP contribution in [0.3, 0.4) is 0 Å². The summed E-state index contributed by atoms with van der Waals surface area (Å²) in [5.41, 5.74) is 0.193. The quantitative estimate of drug-likeness (QED) is 0.749. The highest BCUT2D eigenvalue weighted by atomic mass is 32.1. The van der Waals surface area contributed by atoms with Gasteiger partial charge < -0.3 is 9.47 Å². The molecule has 1 aliphatic heterocycles. The van der Waals surface area contributed by atoms with E-state index < -0.39 is 0 Å². The first-order valence-electron chi connectivity index (χ1n) is 5.02. The van der Waals surface area contributed by atoms with Crippen molar-refractivity contribution in [1.82, 2.24) is 0 Å². The normalized spacial score (nSPS) is 15.6. The molecule has 1 aromatic heterocycles. The summed E-state index contributed by atoms with van der Waals surface area (Å²) in [6, 6.07) is 0. The van der Waals surface area contributed by atoms with Crippen molar-refractivity contribution in [3.05, 3.63) is 10.3 Å². The molecule has 2 heterocycles. The zero-order valence-corrected chi connectivity index (χ0v) is 9.74. The summed E-state index contributed by atoms with van der Waals surface area (Å²) >= 11 is 1.75. The van der Waals surface area contributed by atoms with E-state index in [-0.39, 0.29) is 5.41 Å². The van der Waals surface area contributed by atoms with Crippen molar-refractivity contribution >= 4 is 11.3 Å². The van der Waals surface area contributed by atoms with Crippen LogP contribution in [0.25, 0.3) is 0 Å². The molecule has 0 spiro atoms. The zero-order chi connectivity index (χ0) is 10.2. The van der Waals surface area contributed by atoms with Gasteiger partial charge in [-0.3, -0.25) is 0 Å². The van der Waals surface area contributed by atoms with Crippen LogP contribution in [0, 0.1) is 0 Å². The Kier molecular flexibility index (Phi) is 2.43. The summed E-state index contributed by atoms with van der Waals surface area (Å²) in [5.74, 6) is 1.91. The van der Waals surface area contributed by atoms with E-state index in [4.69, 9.17) is 9.47 Å². The first kappa shape index (κ1) is 9.84. The van der Waals surface area contributed by atoms with E-state index in [1.165, 1.54) is 4.88 Å². The zero-order valence-electron chi connectivity index (χ0n) is 8.92. The van der Waals surface area contributed by atoms with Crippen LogP contribution in [0.4, 0.5) is 0 Å². The second-order valence-electron chi connectivity index (χ2n) is 4.19. The molecule has 0 bridgehead atoms. The van der Waals surface area contributed by atoms with E-state index in [1.807, 2.05) is 0 Å². The molecule has 0 N–H and O–H groups in total. The Morgan fingerprint density at radius 1 is 1.36 bits per heavy atom. The van der Waals surface area contributed by atoms with E-state index in [0.717, 1.165) is 17.9 Å². The maximum absolute atomic E-state index is 5.67. The van der Waals surface area contributed by atoms with Crippen molar-refractivity contribution in [3.63, 3.8) is 0 Å². The molecule has 0 saturated carbocycles. The molecule has 78 valence electrons. The van der Waals surface area contributed by atoms with Crippen molar-refractivity contribution in [3.8, 4) is 11.5 Å². The van der Waals surface area contributed by atoms with Gasteiger partial charge in [-0.05, 0) is 6.42 Å². The minimum Gasteiger partial charge on any atom is -0.485 e. The van der Waals surface area contributed by atoms with Gasteiger partial charge in [0.1, 0.15) is 13.2 Å². The Hall–Kier alpha value is -0.700. The lowest BCUT2D eigenvalue weighted by Gasteiger charge is -2.24. The molecule has 3 heteroatoms. The number of rotatable bonds is 2. The number of thiophene rings is 1. The molecule has 14 heavy (non-hydrogen) atoms. The van der Waals surface area contributed by atoms with Gasteiger partial charge in [0.25, 0.3) is 0 Å². The average Bonchev–Trinajstić information content (AvgIpc) is 2.61. The third-order valence-electron chi connectivity index (χ3n) is 2.80. The maximum Gasteiger partial charge on any atom is 0.175 e. The summed E-state index contributed by atoms with van der Waals surface area (Å²) in [7, 11) is 0. The van der Waals surface area contributed by atoms with Crippen molar-refractivity contribution in [2.75, 3.05) is 13.2 Å². The number of hydrogen-bond acceptors (Lipinski definition) is 3. The van der Waals surface area contributed by atoms with Crippen molar-refractivity contribution in [1.29, 1.82) is 0 Å². The smallest absolute Gasteiger partial charge is 0.175 e. The van der Waals surface area contributed by atoms with Crippen molar-refractivity contribution in [2.24, 2.45) is 0 Å². The van der Waals surface area contributed by atoms with Crippen LogP contribution >= 0.6 is 11.3 Å². The molecule has 2 nitrogen and oxygen atoms in total. The van der Waals surface area contributed by atoms with Gasteiger partial charge in [-0.25, -0.2) is 0 Å². The lowest BCUT2D eigenvalue weighted by molar-refractivity contribution is 0.170. The first-order valence-corrected chi connectivity index (χ1v) is 5.90. The van der Waals surface area contributed by atoms with Crippen LogP contribution in [0.5, 0.6) is 11.5 Å². The molecule has 0 aliphatic carbocycles. The molecule has 0 radical (unpaired) electrons. The second kappa shape index (κ2) is 3.46. The summed E-state index contributed by atoms with van der Waals surface area (Å²) in [6.45, 7) is 8.05. The number of ether oxygens (including phenoxy) is 2. The second-order valence-corrected chi connectivity index (χ2v) is 5.07. The Morgan fingerprint density at radius 3 is 2.79 bits per heavy atom. The van der Waals surface area contributed by atoms with E-state index in [9.17, 15) is 0 Å². The Labute approximate surface area is 88.8 Å². The van der Waals surface area contributed by atoms with Crippen LogP contribution in [-0.4, -0.2) is 13.2 Å². The largest absolute Gasteiger partial charge is 0.485 e. The fraction of sp³-hybridized carbons (Fsp3) is 0.636. The minimum absolute atomic E-state index is 0.193. The van der Waals surface area contributed by atoms with Gasteiger partial charge in [0.2, 0.25) is 0 Å². The van der Waals surface area contributed by atoms with Gasteiger partial charge in [-0.15, -0.1) is 11.3 Å². The standard InChI is InChI=1S/C11H16O2S/c1-4-11(2,3)10-9-8(7-14-10)12-5-6-13-9/h7H,4-6H2,1-3H3. The molecule has 0 saturated heterocycles. The maximum atomic E-state index is 5.67. The summed E-state index contributed by atoms with van der Waals surface area (Å²) < 4.78 is 11.2. The number of fused-ring (bicyclic) bond motifs is 1. The molecule has 0 amide bonds. The van der Waals surface area contributed by atoms with E-state index in [1.54, 1.807) is 11.3 Å². The molecule has 1 aromatic rings. The SMILES string of the molecule is CCC(C)(C)c1scc2c1OCCO2. The fourth-order valence-electron chi connectivity index (χ4n) is 1.49. The van der Waals surface area contributed by atoms with Crippen LogP contribution in [-0.2, 0) is 5.41 Å². The average molecular weight is 212 g/mol. The highest BCUT2D eigenvalue weighted by Crippen LogP contribution is 2.46. The van der Waals surface area contributed by atoms with Crippen LogP contribution in [0.1, 0.15) is 32.1 Å². The molecule has 1 aliphatic rings. The molecule has 0 unspecified atom stereocenters. The third kappa shape index (κ3) is 1.50. The van der Waals surface area contributed by atoms with Gasteiger partial charge in [0, 0.05) is 10.8 Å². The Morgan fingerprint density at radius 2 is 2.07 bits per heavy atom. The summed E-state index contributed by atoms with van der Waals surface area (Å²) in [6.07, 6.45) is 1.11. The van der Waals surface area contributed by atoms with Crippen molar-refractivity contribution in [2.45, 2.75) is 32.6 Å². The molecular formula is C11H16O2S.